The lowest BCUT2D eigenvalue weighted by atomic mass is 10.1. The van der Waals surface area contributed by atoms with E-state index in [0.717, 1.165) is 6.20 Å². The number of carbonyl (C=O) groups is 2. The van der Waals surface area contributed by atoms with Crippen molar-refractivity contribution in [2.45, 2.75) is 12.8 Å². The summed E-state index contributed by atoms with van der Waals surface area (Å²) < 4.78 is 0. The molecule has 1 amide bonds. The fourth-order valence-electron chi connectivity index (χ4n) is 1.72. The zero-order valence-electron chi connectivity index (χ0n) is 11.3. The predicted octanol–water partition coefficient (Wildman–Crippen LogP) is 1.32. The normalized spacial score (nSPS) is 10.2. The number of halogens is 1. The smallest absolute Gasteiger partial charge is 0.320 e. The molecule has 0 aliphatic rings. The number of ketones is 1. The first-order valence-electron chi connectivity index (χ1n) is 6.36. The van der Waals surface area contributed by atoms with Gasteiger partial charge in [-0.05, 0) is 24.3 Å². The number of rotatable bonds is 5. The highest BCUT2D eigenvalue weighted by atomic mass is 35.5. The number of aromatic amines is 2. The van der Waals surface area contributed by atoms with Crippen LogP contribution < -0.4 is 16.6 Å². The first-order valence-corrected chi connectivity index (χ1v) is 6.74. The van der Waals surface area contributed by atoms with Gasteiger partial charge in [0.15, 0.2) is 5.78 Å². The number of Topliss-reactive ketones (excluding diaryl/α,β-unsaturated/α-hetero) is 1. The summed E-state index contributed by atoms with van der Waals surface area (Å²) in [6.45, 7) is 0. The van der Waals surface area contributed by atoms with Crippen molar-refractivity contribution in [3.63, 3.8) is 0 Å². The number of hydrogen-bond donors (Lipinski definition) is 3. The van der Waals surface area contributed by atoms with Crippen LogP contribution in [0.15, 0.2) is 40.1 Å². The van der Waals surface area contributed by atoms with E-state index in [4.69, 9.17) is 11.6 Å². The summed E-state index contributed by atoms with van der Waals surface area (Å²) in [4.78, 5) is 50.1. The third kappa shape index (κ3) is 4.16. The standard InChI is InChI=1S/C14H12ClN3O4/c15-9-3-1-8(2-4-9)11(19)5-6-12(20)17-10-7-16-14(22)18-13(10)21/h1-4,7H,5-6H2,(H,17,20)(H2,16,18,21,22). The Bertz CT molecular complexity index is 808. The number of hydrogen-bond acceptors (Lipinski definition) is 4. The highest BCUT2D eigenvalue weighted by Gasteiger charge is 2.11. The summed E-state index contributed by atoms with van der Waals surface area (Å²) in [6, 6.07) is 6.34. The van der Waals surface area contributed by atoms with Gasteiger partial charge in [-0.3, -0.25) is 19.4 Å². The van der Waals surface area contributed by atoms with E-state index in [0.29, 0.717) is 10.6 Å². The molecule has 2 aromatic rings. The lowest BCUT2D eigenvalue weighted by Gasteiger charge is -2.04. The molecule has 7 nitrogen and oxygen atoms in total. The number of benzene rings is 1. The Labute approximate surface area is 129 Å². The summed E-state index contributed by atoms with van der Waals surface area (Å²) in [5.74, 6) is -0.706. The molecule has 0 saturated heterocycles. The van der Waals surface area contributed by atoms with Gasteiger partial charge in [-0.15, -0.1) is 0 Å². The molecule has 0 bridgehead atoms. The van der Waals surface area contributed by atoms with Gasteiger partial charge in [0.25, 0.3) is 5.56 Å². The minimum Gasteiger partial charge on any atom is -0.320 e. The van der Waals surface area contributed by atoms with Crippen LogP contribution in [-0.2, 0) is 4.79 Å². The molecule has 0 atom stereocenters. The second-order valence-electron chi connectivity index (χ2n) is 4.46. The van der Waals surface area contributed by atoms with E-state index in [-0.39, 0.29) is 24.3 Å². The third-order valence-corrected chi connectivity index (χ3v) is 3.09. The zero-order valence-corrected chi connectivity index (χ0v) is 12.1. The van der Waals surface area contributed by atoms with Crippen molar-refractivity contribution in [1.29, 1.82) is 0 Å². The Morgan fingerprint density at radius 2 is 1.77 bits per heavy atom. The highest BCUT2D eigenvalue weighted by molar-refractivity contribution is 6.30. The van der Waals surface area contributed by atoms with Gasteiger partial charge >= 0.3 is 5.69 Å². The van der Waals surface area contributed by atoms with Crippen LogP contribution in [0, 0.1) is 0 Å². The fraction of sp³-hybridized carbons (Fsp3) is 0.143. The molecule has 0 aliphatic heterocycles. The molecule has 2 rings (SSSR count). The molecule has 1 aromatic carbocycles. The van der Waals surface area contributed by atoms with E-state index in [1.807, 2.05) is 4.98 Å². The second-order valence-corrected chi connectivity index (χ2v) is 4.90. The van der Waals surface area contributed by atoms with Crippen LogP contribution in [-0.4, -0.2) is 21.7 Å². The molecule has 1 aromatic heterocycles. The zero-order chi connectivity index (χ0) is 16.1. The third-order valence-electron chi connectivity index (χ3n) is 2.84. The van der Waals surface area contributed by atoms with E-state index < -0.39 is 17.2 Å². The Morgan fingerprint density at radius 1 is 1.09 bits per heavy atom. The van der Waals surface area contributed by atoms with Gasteiger partial charge < -0.3 is 10.3 Å². The first kappa shape index (κ1) is 15.7. The predicted molar refractivity (Wildman–Crippen MR) is 81.3 cm³/mol. The minimum absolute atomic E-state index is 0.00523. The number of H-pyrrole nitrogens is 2. The Hall–Kier alpha value is -2.67. The van der Waals surface area contributed by atoms with Crippen LogP contribution in [0.2, 0.25) is 5.02 Å². The largest absolute Gasteiger partial charge is 0.325 e. The maximum absolute atomic E-state index is 11.9. The number of carbonyl (C=O) groups excluding carboxylic acids is 2. The number of anilines is 1. The molecule has 0 saturated carbocycles. The van der Waals surface area contributed by atoms with Crippen molar-refractivity contribution in [3.8, 4) is 0 Å². The van der Waals surface area contributed by atoms with Crippen LogP contribution in [0.4, 0.5) is 5.69 Å². The average molecular weight is 322 g/mol. The molecule has 8 heteroatoms. The highest BCUT2D eigenvalue weighted by Crippen LogP contribution is 2.12. The van der Waals surface area contributed by atoms with E-state index >= 15 is 0 Å². The van der Waals surface area contributed by atoms with Crippen LogP contribution in [0.25, 0.3) is 0 Å². The molecule has 0 aliphatic carbocycles. The van der Waals surface area contributed by atoms with Gasteiger partial charge in [0.2, 0.25) is 5.91 Å². The molecular formula is C14H12ClN3O4. The van der Waals surface area contributed by atoms with Crippen molar-refractivity contribution in [2.75, 3.05) is 5.32 Å². The SMILES string of the molecule is O=C(CCC(=O)c1ccc(Cl)cc1)Nc1c[nH]c(=O)[nH]c1=O. The topological polar surface area (TPSA) is 112 Å². The van der Waals surface area contributed by atoms with Gasteiger partial charge in [0.1, 0.15) is 5.69 Å². The summed E-state index contributed by atoms with van der Waals surface area (Å²) >= 11 is 5.73. The summed E-state index contributed by atoms with van der Waals surface area (Å²) in [7, 11) is 0. The summed E-state index contributed by atoms with van der Waals surface area (Å²) in [6.07, 6.45) is 1.01. The van der Waals surface area contributed by atoms with Gasteiger partial charge in [-0.2, -0.15) is 0 Å². The van der Waals surface area contributed by atoms with Crippen molar-refractivity contribution >= 4 is 29.0 Å². The average Bonchev–Trinajstić information content (AvgIpc) is 2.48. The maximum Gasteiger partial charge on any atom is 0.325 e. The van der Waals surface area contributed by atoms with Crippen LogP contribution in [0.5, 0.6) is 0 Å². The fourth-order valence-corrected chi connectivity index (χ4v) is 1.85. The van der Waals surface area contributed by atoms with Crippen molar-refractivity contribution in [2.24, 2.45) is 0 Å². The Kier molecular flexibility index (Phi) is 4.90. The molecule has 22 heavy (non-hydrogen) atoms. The summed E-state index contributed by atoms with van der Waals surface area (Å²) in [5.41, 5.74) is -0.996. The van der Waals surface area contributed by atoms with Crippen molar-refractivity contribution in [1.82, 2.24) is 9.97 Å². The lowest BCUT2D eigenvalue weighted by molar-refractivity contribution is -0.116. The van der Waals surface area contributed by atoms with Crippen LogP contribution in [0.3, 0.4) is 0 Å². The Balaban J connectivity index is 1.92. The van der Waals surface area contributed by atoms with Gasteiger partial charge in [-0.1, -0.05) is 11.6 Å². The molecule has 3 N–H and O–H groups in total. The molecule has 0 spiro atoms. The van der Waals surface area contributed by atoms with E-state index in [1.165, 1.54) is 0 Å². The van der Waals surface area contributed by atoms with E-state index in [1.54, 1.807) is 24.3 Å². The molecule has 0 radical (unpaired) electrons. The van der Waals surface area contributed by atoms with Crippen LogP contribution >= 0.6 is 11.6 Å². The number of amides is 1. The lowest BCUT2D eigenvalue weighted by Crippen LogP contribution is -2.26. The monoisotopic (exact) mass is 321 g/mol. The van der Waals surface area contributed by atoms with Gasteiger partial charge in [-0.25, -0.2) is 4.79 Å². The molecule has 0 unspecified atom stereocenters. The van der Waals surface area contributed by atoms with Gasteiger partial charge in [0, 0.05) is 29.6 Å². The molecule has 114 valence electrons. The van der Waals surface area contributed by atoms with E-state index in [2.05, 4.69) is 10.3 Å². The van der Waals surface area contributed by atoms with Crippen molar-refractivity contribution < 1.29 is 9.59 Å². The first-order chi connectivity index (χ1) is 10.5. The minimum atomic E-state index is -0.707. The molecular weight excluding hydrogens is 310 g/mol. The number of aromatic nitrogens is 2. The quantitative estimate of drug-likeness (QED) is 0.721. The van der Waals surface area contributed by atoms with Crippen molar-refractivity contribution in [3.05, 3.63) is 61.9 Å². The number of nitrogens with one attached hydrogen (secondary N) is 3. The maximum atomic E-state index is 11.9. The summed E-state index contributed by atoms with van der Waals surface area (Å²) in [5, 5.41) is 2.85. The molecule has 0 fully saturated rings. The van der Waals surface area contributed by atoms with Gasteiger partial charge in [0.05, 0.1) is 0 Å². The molecule has 1 heterocycles. The van der Waals surface area contributed by atoms with E-state index in [9.17, 15) is 19.2 Å². The Morgan fingerprint density at radius 3 is 2.41 bits per heavy atom. The van der Waals surface area contributed by atoms with Crippen LogP contribution in [0.1, 0.15) is 23.2 Å². The second kappa shape index (κ2) is 6.86.